The number of carbonyl (C=O) groups excluding carboxylic acids is 1. The molecule has 4 rings (SSSR count). The van der Waals surface area contributed by atoms with Crippen molar-refractivity contribution in [3.05, 3.63) is 58.8 Å². The number of fused-ring (bicyclic) bond motifs is 1. The first-order valence-electron chi connectivity index (χ1n) is 9.52. The maximum absolute atomic E-state index is 13.1. The number of nitrogens with zero attached hydrogens (tertiary/aromatic N) is 2. The van der Waals surface area contributed by atoms with E-state index in [0.29, 0.717) is 31.0 Å². The van der Waals surface area contributed by atoms with Crippen LogP contribution >= 0.6 is 11.6 Å². The van der Waals surface area contributed by atoms with Crippen molar-refractivity contribution >= 4 is 34.2 Å². The Hall–Kier alpha value is -2.66. The van der Waals surface area contributed by atoms with Crippen molar-refractivity contribution in [1.29, 1.82) is 0 Å². The van der Waals surface area contributed by atoms with Crippen LogP contribution in [0.3, 0.4) is 0 Å². The molecule has 0 aliphatic carbocycles. The molecule has 0 N–H and O–H groups in total. The number of amides is 1. The highest BCUT2D eigenvalue weighted by atomic mass is 35.5. The molecule has 0 atom stereocenters. The summed E-state index contributed by atoms with van der Waals surface area (Å²) in [7, 11) is 0. The van der Waals surface area contributed by atoms with Crippen molar-refractivity contribution in [3.8, 4) is 5.75 Å². The fourth-order valence-electron chi connectivity index (χ4n) is 3.64. The fourth-order valence-corrected chi connectivity index (χ4v) is 3.83. The molecule has 0 unspecified atom stereocenters. The minimum Gasteiger partial charge on any atom is -0.494 e. The minimum absolute atomic E-state index is 0.0580. The molecule has 146 valence electrons. The number of piperazine rings is 1. The molecule has 0 spiro atoms. The monoisotopic (exact) mass is 398 g/mol. The standard InChI is InChI=1S/C22H23ClN2O3/c1-3-27-18-7-8-20-19(14-18)15(2)21(28-20)22(26)25-11-9-24(10-12-25)17-6-4-5-16(23)13-17/h4-8,13-14H,3,9-12H2,1-2H3. The topological polar surface area (TPSA) is 45.9 Å². The van der Waals surface area contributed by atoms with Crippen LogP contribution in [0.15, 0.2) is 46.9 Å². The Balaban J connectivity index is 1.50. The van der Waals surface area contributed by atoms with E-state index < -0.39 is 0 Å². The zero-order chi connectivity index (χ0) is 19.7. The van der Waals surface area contributed by atoms with E-state index in [-0.39, 0.29) is 5.91 Å². The molecular formula is C22H23ClN2O3. The number of hydrogen-bond acceptors (Lipinski definition) is 4. The van der Waals surface area contributed by atoms with Crippen LogP contribution in [0, 0.1) is 6.92 Å². The van der Waals surface area contributed by atoms with Crippen molar-refractivity contribution in [1.82, 2.24) is 4.90 Å². The summed E-state index contributed by atoms with van der Waals surface area (Å²) in [6.45, 7) is 7.30. The molecular weight excluding hydrogens is 376 g/mol. The van der Waals surface area contributed by atoms with Gasteiger partial charge in [-0.25, -0.2) is 0 Å². The Morgan fingerprint density at radius 3 is 2.64 bits per heavy atom. The number of carbonyl (C=O) groups is 1. The molecule has 0 radical (unpaired) electrons. The molecule has 5 nitrogen and oxygen atoms in total. The van der Waals surface area contributed by atoms with Crippen LogP contribution in [0.4, 0.5) is 5.69 Å². The number of halogens is 1. The van der Waals surface area contributed by atoms with E-state index in [1.807, 2.05) is 61.2 Å². The fraction of sp³-hybridized carbons (Fsp3) is 0.318. The maximum Gasteiger partial charge on any atom is 0.290 e. The third-order valence-electron chi connectivity index (χ3n) is 5.15. The quantitative estimate of drug-likeness (QED) is 0.635. The molecule has 1 amide bonds. The molecule has 0 saturated carbocycles. The van der Waals surface area contributed by atoms with Gasteiger partial charge in [0.05, 0.1) is 6.61 Å². The Kier molecular flexibility index (Phi) is 5.18. The highest BCUT2D eigenvalue weighted by Crippen LogP contribution is 2.30. The van der Waals surface area contributed by atoms with Gasteiger partial charge in [0.15, 0.2) is 5.76 Å². The summed E-state index contributed by atoms with van der Waals surface area (Å²) >= 11 is 6.10. The van der Waals surface area contributed by atoms with Gasteiger partial charge in [-0.3, -0.25) is 4.79 Å². The number of anilines is 1. The number of aryl methyl sites for hydroxylation is 1. The summed E-state index contributed by atoms with van der Waals surface area (Å²) in [4.78, 5) is 17.2. The van der Waals surface area contributed by atoms with Crippen molar-refractivity contribution < 1.29 is 13.9 Å². The van der Waals surface area contributed by atoms with Crippen LogP contribution in [0.1, 0.15) is 23.0 Å². The molecule has 3 aromatic rings. The molecule has 0 bridgehead atoms. The van der Waals surface area contributed by atoms with E-state index >= 15 is 0 Å². The number of ether oxygens (including phenoxy) is 1. The van der Waals surface area contributed by atoms with Gasteiger partial charge in [0, 0.05) is 47.8 Å². The van der Waals surface area contributed by atoms with E-state index in [4.69, 9.17) is 20.8 Å². The zero-order valence-corrected chi connectivity index (χ0v) is 16.8. The Morgan fingerprint density at radius 2 is 1.93 bits per heavy atom. The first-order valence-corrected chi connectivity index (χ1v) is 9.90. The highest BCUT2D eigenvalue weighted by molar-refractivity contribution is 6.30. The van der Waals surface area contributed by atoms with Gasteiger partial charge in [-0.2, -0.15) is 0 Å². The van der Waals surface area contributed by atoms with E-state index in [1.165, 1.54) is 0 Å². The van der Waals surface area contributed by atoms with Crippen LogP contribution < -0.4 is 9.64 Å². The largest absolute Gasteiger partial charge is 0.494 e. The lowest BCUT2D eigenvalue weighted by atomic mass is 10.1. The third kappa shape index (κ3) is 3.54. The van der Waals surface area contributed by atoms with Crippen molar-refractivity contribution in [2.75, 3.05) is 37.7 Å². The van der Waals surface area contributed by atoms with Crippen molar-refractivity contribution in [2.45, 2.75) is 13.8 Å². The van der Waals surface area contributed by atoms with Gasteiger partial charge in [-0.15, -0.1) is 0 Å². The van der Waals surface area contributed by atoms with Gasteiger partial charge >= 0.3 is 0 Å². The van der Waals surface area contributed by atoms with Gasteiger partial charge in [-0.1, -0.05) is 17.7 Å². The number of benzene rings is 2. The SMILES string of the molecule is CCOc1ccc2oc(C(=O)N3CCN(c4cccc(Cl)c4)CC3)c(C)c2c1. The van der Waals surface area contributed by atoms with Crippen LogP contribution in [0.25, 0.3) is 11.0 Å². The maximum atomic E-state index is 13.1. The smallest absolute Gasteiger partial charge is 0.290 e. The summed E-state index contributed by atoms with van der Waals surface area (Å²) < 4.78 is 11.5. The van der Waals surface area contributed by atoms with Crippen LogP contribution in [0.2, 0.25) is 5.02 Å². The van der Waals surface area contributed by atoms with E-state index in [0.717, 1.165) is 40.5 Å². The molecule has 1 aromatic heterocycles. The second-order valence-electron chi connectivity index (χ2n) is 6.91. The van der Waals surface area contributed by atoms with Crippen LogP contribution in [-0.2, 0) is 0 Å². The molecule has 6 heteroatoms. The zero-order valence-electron chi connectivity index (χ0n) is 16.1. The molecule has 2 aromatic carbocycles. The van der Waals surface area contributed by atoms with E-state index in [2.05, 4.69) is 4.90 Å². The predicted octanol–water partition coefficient (Wildman–Crippen LogP) is 4.76. The molecule has 2 heterocycles. The second-order valence-corrected chi connectivity index (χ2v) is 7.34. The number of furan rings is 1. The molecule has 1 aliphatic rings. The minimum atomic E-state index is -0.0580. The molecule has 1 fully saturated rings. The average molecular weight is 399 g/mol. The highest BCUT2D eigenvalue weighted by Gasteiger charge is 2.27. The number of rotatable bonds is 4. The summed E-state index contributed by atoms with van der Waals surface area (Å²) in [5, 5.41) is 1.65. The number of hydrogen-bond donors (Lipinski definition) is 0. The lowest BCUT2D eigenvalue weighted by molar-refractivity contribution is 0.0716. The summed E-state index contributed by atoms with van der Waals surface area (Å²) in [6.07, 6.45) is 0. The molecule has 1 aliphatic heterocycles. The van der Waals surface area contributed by atoms with Gasteiger partial charge in [-0.05, 0) is 50.2 Å². The molecule has 28 heavy (non-hydrogen) atoms. The van der Waals surface area contributed by atoms with E-state index in [9.17, 15) is 4.79 Å². The Bertz CT molecular complexity index is 1010. The molecule has 1 saturated heterocycles. The van der Waals surface area contributed by atoms with Gasteiger partial charge in [0.1, 0.15) is 11.3 Å². The summed E-state index contributed by atoms with van der Waals surface area (Å²) in [5.41, 5.74) is 2.66. The van der Waals surface area contributed by atoms with Gasteiger partial charge in [0.2, 0.25) is 0 Å². The normalized spacial score (nSPS) is 14.5. The van der Waals surface area contributed by atoms with Crippen molar-refractivity contribution in [2.24, 2.45) is 0 Å². The Labute approximate surface area is 169 Å². The lowest BCUT2D eigenvalue weighted by Gasteiger charge is -2.35. The third-order valence-corrected chi connectivity index (χ3v) is 5.39. The average Bonchev–Trinajstić information content (AvgIpc) is 3.04. The van der Waals surface area contributed by atoms with E-state index in [1.54, 1.807) is 0 Å². The second kappa shape index (κ2) is 7.76. The van der Waals surface area contributed by atoms with Gasteiger partial charge in [0.25, 0.3) is 5.91 Å². The first-order chi connectivity index (χ1) is 13.6. The lowest BCUT2D eigenvalue weighted by Crippen LogP contribution is -2.48. The Morgan fingerprint density at radius 1 is 1.14 bits per heavy atom. The van der Waals surface area contributed by atoms with Crippen LogP contribution in [0.5, 0.6) is 5.75 Å². The summed E-state index contributed by atoms with van der Waals surface area (Å²) in [6, 6.07) is 13.5. The summed E-state index contributed by atoms with van der Waals surface area (Å²) in [5.74, 6) is 1.14. The predicted molar refractivity (Wildman–Crippen MR) is 112 cm³/mol. The van der Waals surface area contributed by atoms with Crippen molar-refractivity contribution in [3.63, 3.8) is 0 Å². The van der Waals surface area contributed by atoms with Gasteiger partial charge < -0.3 is 19.0 Å². The van der Waals surface area contributed by atoms with Crippen LogP contribution in [-0.4, -0.2) is 43.6 Å². The first kappa shape index (κ1) is 18.7.